The molecule has 0 aromatic carbocycles. The van der Waals surface area contributed by atoms with Crippen LogP contribution in [0.2, 0.25) is 0 Å². The van der Waals surface area contributed by atoms with Gasteiger partial charge in [-0.3, -0.25) is 0 Å². The number of likely N-dealkylation sites (tertiary alicyclic amines) is 1. The second-order valence-corrected chi connectivity index (χ2v) is 4.61. The summed E-state index contributed by atoms with van der Waals surface area (Å²) in [6.45, 7) is 7.87. The average Bonchev–Trinajstić information content (AvgIpc) is 2.90. The Morgan fingerprint density at radius 1 is 1.38 bits per heavy atom. The summed E-state index contributed by atoms with van der Waals surface area (Å²) in [5, 5.41) is 3.43. The van der Waals surface area contributed by atoms with Crippen LogP contribution < -0.4 is 5.32 Å². The van der Waals surface area contributed by atoms with Gasteiger partial charge < -0.3 is 14.6 Å². The normalized spacial score (nSPS) is 17.1. The van der Waals surface area contributed by atoms with Crippen LogP contribution in [0.5, 0.6) is 0 Å². The molecule has 0 bridgehead atoms. The number of hydrogen-bond acceptors (Lipinski definition) is 3. The highest BCUT2D eigenvalue weighted by Crippen LogP contribution is 2.08. The molecule has 1 fully saturated rings. The van der Waals surface area contributed by atoms with E-state index in [2.05, 4.69) is 17.1 Å². The third-order valence-electron chi connectivity index (χ3n) is 3.28. The predicted octanol–water partition coefficient (Wildman–Crippen LogP) is 2.16. The van der Waals surface area contributed by atoms with Gasteiger partial charge in [-0.25, -0.2) is 0 Å². The maximum atomic E-state index is 5.37. The van der Waals surface area contributed by atoms with Crippen molar-refractivity contribution in [2.24, 2.45) is 0 Å². The van der Waals surface area contributed by atoms with E-state index >= 15 is 0 Å². The van der Waals surface area contributed by atoms with Gasteiger partial charge in [-0.2, -0.15) is 0 Å². The van der Waals surface area contributed by atoms with Gasteiger partial charge in [0.1, 0.15) is 5.76 Å². The highest BCUT2D eigenvalue weighted by Gasteiger charge is 2.10. The molecule has 1 saturated heterocycles. The summed E-state index contributed by atoms with van der Waals surface area (Å²) in [5.41, 5.74) is 1.24. The second-order valence-electron chi connectivity index (χ2n) is 4.61. The smallest absolute Gasteiger partial charge is 0.120 e. The minimum atomic E-state index is 0.860. The van der Waals surface area contributed by atoms with Crippen LogP contribution in [-0.2, 0) is 6.54 Å². The van der Waals surface area contributed by atoms with Crippen LogP contribution in [0.3, 0.4) is 0 Å². The van der Waals surface area contributed by atoms with Gasteiger partial charge in [0.2, 0.25) is 0 Å². The zero-order chi connectivity index (χ0) is 11.2. The minimum absolute atomic E-state index is 0.860. The van der Waals surface area contributed by atoms with E-state index in [0.29, 0.717) is 0 Å². The van der Waals surface area contributed by atoms with Crippen LogP contribution in [0.25, 0.3) is 0 Å². The average molecular weight is 222 g/mol. The van der Waals surface area contributed by atoms with Crippen molar-refractivity contribution < 1.29 is 4.42 Å². The van der Waals surface area contributed by atoms with E-state index in [1.165, 1.54) is 44.5 Å². The van der Waals surface area contributed by atoms with Gasteiger partial charge in [-0.15, -0.1) is 0 Å². The van der Waals surface area contributed by atoms with E-state index in [0.717, 1.165) is 18.8 Å². The van der Waals surface area contributed by atoms with Crippen molar-refractivity contribution in [1.29, 1.82) is 0 Å². The lowest BCUT2D eigenvalue weighted by molar-refractivity contribution is 0.329. The molecular formula is C13H22N2O. The molecule has 1 aromatic heterocycles. The fourth-order valence-corrected chi connectivity index (χ4v) is 2.22. The van der Waals surface area contributed by atoms with Gasteiger partial charge in [-0.1, -0.05) is 0 Å². The molecular weight excluding hydrogens is 200 g/mol. The first kappa shape index (κ1) is 11.7. The molecule has 0 unspecified atom stereocenters. The van der Waals surface area contributed by atoms with Crippen molar-refractivity contribution in [3.8, 4) is 0 Å². The van der Waals surface area contributed by atoms with E-state index in [1.54, 1.807) is 6.26 Å². The standard InChI is InChI=1S/C13H22N2O/c1-12-5-10-16-13(12)11-14-6-4-9-15-7-2-3-8-15/h5,10,14H,2-4,6-9,11H2,1H3. The van der Waals surface area contributed by atoms with E-state index in [1.807, 2.05) is 6.07 Å². The monoisotopic (exact) mass is 222 g/mol. The zero-order valence-corrected chi connectivity index (χ0v) is 10.2. The Kier molecular flexibility index (Phi) is 4.43. The maximum Gasteiger partial charge on any atom is 0.120 e. The molecule has 0 aliphatic carbocycles. The Hall–Kier alpha value is -0.800. The highest BCUT2D eigenvalue weighted by atomic mass is 16.3. The van der Waals surface area contributed by atoms with Gasteiger partial charge in [0.25, 0.3) is 0 Å². The fraction of sp³-hybridized carbons (Fsp3) is 0.692. The van der Waals surface area contributed by atoms with E-state index in [-0.39, 0.29) is 0 Å². The Balaban J connectivity index is 1.53. The largest absolute Gasteiger partial charge is 0.468 e. The number of nitrogens with one attached hydrogen (secondary N) is 1. The molecule has 3 nitrogen and oxygen atoms in total. The van der Waals surface area contributed by atoms with E-state index < -0.39 is 0 Å². The number of hydrogen-bond donors (Lipinski definition) is 1. The molecule has 0 spiro atoms. The van der Waals surface area contributed by atoms with Crippen molar-refractivity contribution in [3.63, 3.8) is 0 Å². The molecule has 2 heterocycles. The first-order valence-corrected chi connectivity index (χ1v) is 6.32. The summed E-state index contributed by atoms with van der Waals surface area (Å²) in [5.74, 6) is 1.07. The lowest BCUT2D eigenvalue weighted by Crippen LogP contribution is -2.24. The molecule has 1 aliphatic heterocycles. The molecule has 90 valence electrons. The summed E-state index contributed by atoms with van der Waals surface area (Å²) in [4.78, 5) is 2.56. The minimum Gasteiger partial charge on any atom is -0.468 e. The summed E-state index contributed by atoms with van der Waals surface area (Å²) in [6.07, 6.45) is 5.77. The second kappa shape index (κ2) is 6.06. The van der Waals surface area contributed by atoms with Gasteiger partial charge >= 0.3 is 0 Å². The molecule has 2 rings (SSSR count). The molecule has 1 aromatic rings. The zero-order valence-electron chi connectivity index (χ0n) is 10.2. The van der Waals surface area contributed by atoms with Crippen molar-refractivity contribution >= 4 is 0 Å². The molecule has 0 amide bonds. The van der Waals surface area contributed by atoms with E-state index in [4.69, 9.17) is 4.42 Å². The third-order valence-corrected chi connectivity index (χ3v) is 3.28. The van der Waals surface area contributed by atoms with Crippen LogP contribution in [-0.4, -0.2) is 31.1 Å². The first-order valence-electron chi connectivity index (χ1n) is 6.32. The maximum absolute atomic E-state index is 5.37. The molecule has 16 heavy (non-hydrogen) atoms. The summed E-state index contributed by atoms with van der Waals surface area (Å²) >= 11 is 0. The van der Waals surface area contributed by atoms with Gasteiger partial charge in [-0.05, 0) is 64.0 Å². The molecule has 1 N–H and O–H groups in total. The van der Waals surface area contributed by atoms with Crippen molar-refractivity contribution in [2.45, 2.75) is 32.7 Å². The molecule has 0 radical (unpaired) electrons. The topological polar surface area (TPSA) is 28.4 Å². The summed E-state index contributed by atoms with van der Waals surface area (Å²) in [7, 11) is 0. The quantitative estimate of drug-likeness (QED) is 0.748. The SMILES string of the molecule is Cc1ccoc1CNCCCN1CCCC1. The molecule has 3 heteroatoms. The van der Waals surface area contributed by atoms with Crippen LogP contribution in [0.15, 0.2) is 16.7 Å². The number of aryl methyl sites for hydroxylation is 1. The Labute approximate surface area is 97.8 Å². The number of nitrogens with zero attached hydrogens (tertiary/aromatic N) is 1. The lowest BCUT2D eigenvalue weighted by atomic mass is 10.3. The number of furan rings is 1. The molecule has 0 saturated carbocycles. The fourth-order valence-electron chi connectivity index (χ4n) is 2.22. The summed E-state index contributed by atoms with van der Waals surface area (Å²) in [6, 6.07) is 2.02. The molecule has 1 aliphatic rings. The predicted molar refractivity (Wildman–Crippen MR) is 65.4 cm³/mol. The van der Waals surface area contributed by atoms with Crippen molar-refractivity contribution in [3.05, 3.63) is 23.7 Å². The van der Waals surface area contributed by atoms with Crippen LogP contribution in [0, 0.1) is 6.92 Å². The van der Waals surface area contributed by atoms with Crippen LogP contribution in [0.4, 0.5) is 0 Å². The Morgan fingerprint density at radius 3 is 2.88 bits per heavy atom. The number of rotatable bonds is 6. The van der Waals surface area contributed by atoms with Crippen molar-refractivity contribution in [2.75, 3.05) is 26.2 Å². The van der Waals surface area contributed by atoms with E-state index in [9.17, 15) is 0 Å². The van der Waals surface area contributed by atoms with Gasteiger partial charge in [0.15, 0.2) is 0 Å². The molecule has 0 atom stereocenters. The first-order chi connectivity index (χ1) is 7.86. The highest BCUT2D eigenvalue weighted by molar-refractivity contribution is 5.13. The van der Waals surface area contributed by atoms with Gasteiger partial charge in [0.05, 0.1) is 12.8 Å². The summed E-state index contributed by atoms with van der Waals surface area (Å²) < 4.78 is 5.37. The van der Waals surface area contributed by atoms with Gasteiger partial charge in [0, 0.05) is 0 Å². The third kappa shape index (κ3) is 3.35. The van der Waals surface area contributed by atoms with Crippen LogP contribution in [0.1, 0.15) is 30.6 Å². The lowest BCUT2D eigenvalue weighted by Gasteiger charge is -2.14. The Morgan fingerprint density at radius 2 is 2.19 bits per heavy atom. The van der Waals surface area contributed by atoms with Crippen LogP contribution >= 0.6 is 0 Å². The Bertz CT molecular complexity index is 303. The van der Waals surface area contributed by atoms with Crippen molar-refractivity contribution in [1.82, 2.24) is 10.2 Å².